The van der Waals surface area contributed by atoms with Crippen molar-refractivity contribution in [3.05, 3.63) is 76.3 Å². The molecule has 7 nitrogen and oxygen atoms in total. The molecule has 1 amide bonds. The number of benzene rings is 3. The van der Waals surface area contributed by atoms with Gasteiger partial charge in [0.2, 0.25) is 0 Å². The molecular formula is C21H18Cl2N2O5S. The van der Waals surface area contributed by atoms with Crippen molar-refractivity contribution in [3.8, 4) is 11.5 Å². The van der Waals surface area contributed by atoms with Gasteiger partial charge in [-0.1, -0.05) is 23.2 Å². The molecule has 162 valence electrons. The van der Waals surface area contributed by atoms with Gasteiger partial charge in [0.25, 0.3) is 15.9 Å². The van der Waals surface area contributed by atoms with Crippen molar-refractivity contribution >= 4 is 50.5 Å². The molecule has 0 heterocycles. The van der Waals surface area contributed by atoms with E-state index in [1.54, 1.807) is 36.4 Å². The van der Waals surface area contributed by atoms with Crippen LogP contribution < -0.4 is 19.5 Å². The highest BCUT2D eigenvalue weighted by Crippen LogP contribution is 2.32. The van der Waals surface area contributed by atoms with E-state index in [9.17, 15) is 13.2 Å². The van der Waals surface area contributed by atoms with Crippen LogP contribution in [0.2, 0.25) is 10.0 Å². The highest BCUT2D eigenvalue weighted by atomic mass is 35.5. The fourth-order valence-corrected chi connectivity index (χ4v) is 4.10. The second-order valence-electron chi connectivity index (χ2n) is 6.27. The summed E-state index contributed by atoms with van der Waals surface area (Å²) < 4.78 is 38.8. The Balaban J connectivity index is 1.92. The molecule has 0 aliphatic heterocycles. The van der Waals surface area contributed by atoms with Crippen molar-refractivity contribution in [1.29, 1.82) is 0 Å². The minimum absolute atomic E-state index is 0.0956. The van der Waals surface area contributed by atoms with E-state index in [-0.39, 0.29) is 16.3 Å². The Morgan fingerprint density at radius 3 is 2.03 bits per heavy atom. The molecule has 0 unspecified atom stereocenters. The summed E-state index contributed by atoms with van der Waals surface area (Å²) in [5, 5.41) is 3.49. The molecule has 0 fully saturated rings. The number of carbonyl (C=O) groups excluding carboxylic acids is 1. The van der Waals surface area contributed by atoms with E-state index in [0.717, 1.165) is 0 Å². The molecule has 0 saturated carbocycles. The summed E-state index contributed by atoms with van der Waals surface area (Å²) in [6.45, 7) is 0. The quantitative estimate of drug-likeness (QED) is 0.492. The van der Waals surface area contributed by atoms with Crippen molar-refractivity contribution in [2.24, 2.45) is 0 Å². The standard InChI is InChI=1S/C21H18Cl2N2O5S/c1-29-19-10-8-16(12-17(19)24-21(26)13-3-5-14(22)6-4-13)31(27,28)25-18-11-15(23)7-9-20(18)30-2/h3-12,25H,1-2H3,(H,24,26). The van der Waals surface area contributed by atoms with E-state index in [4.69, 9.17) is 32.7 Å². The van der Waals surface area contributed by atoms with Gasteiger partial charge in [-0.05, 0) is 60.7 Å². The van der Waals surface area contributed by atoms with E-state index in [1.165, 1.54) is 38.5 Å². The van der Waals surface area contributed by atoms with E-state index in [1.807, 2.05) is 0 Å². The highest BCUT2D eigenvalue weighted by molar-refractivity contribution is 7.92. The van der Waals surface area contributed by atoms with Gasteiger partial charge in [-0.2, -0.15) is 0 Å². The fraction of sp³-hybridized carbons (Fsp3) is 0.0952. The van der Waals surface area contributed by atoms with Gasteiger partial charge in [0.1, 0.15) is 11.5 Å². The Morgan fingerprint density at radius 1 is 0.806 bits per heavy atom. The maximum atomic E-state index is 12.9. The second-order valence-corrected chi connectivity index (χ2v) is 8.83. The van der Waals surface area contributed by atoms with E-state index >= 15 is 0 Å². The smallest absolute Gasteiger partial charge is 0.262 e. The summed E-state index contributed by atoms with van der Waals surface area (Å²) in [7, 11) is -1.20. The van der Waals surface area contributed by atoms with Crippen LogP contribution in [0.15, 0.2) is 65.6 Å². The van der Waals surface area contributed by atoms with Crippen LogP contribution in [-0.2, 0) is 10.0 Å². The van der Waals surface area contributed by atoms with Gasteiger partial charge in [-0.15, -0.1) is 0 Å². The molecule has 0 bridgehead atoms. The maximum absolute atomic E-state index is 12.9. The molecule has 0 aliphatic carbocycles. The van der Waals surface area contributed by atoms with Crippen LogP contribution in [0.4, 0.5) is 11.4 Å². The molecule has 0 aliphatic rings. The second kappa shape index (κ2) is 9.47. The van der Waals surface area contributed by atoms with E-state index in [2.05, 4.69) is 10.0 Å². The number of sulfonamides is 1. The number of hydrogen-bond donors (Lipinski definition) is 2. The number of methoxy groups -OCH3 is 2. The molecule has 0 aromatic heterocycles. The summed E-state index contributed by atoms with van der Waals surface area (Å²) in [4.78, 5) is 12.5. The van der Waals surface area contributed by atoms with Crippen molar-refractivity contribution in [2.75, 3.05) is 24.3 Å². The van der Waals surface area contributed by atoms with Crippen LogP contribution in [0, 0.1) is 0 Å². The van der Waals surface area contributed by atoms with Crippen LogP contribution in [0.5, 0.6) is 11.5 Å². The molecule has 3 aromatic rings. The number of hydrogen-bond acceptors (Lipinski definition) is 5. The zero-order valence-corrected chi connectivity index (χ0v) is 18.8. The van der Waals surface area contributed by atoms with Crippen molar-refractivity contribution in [1.82, 2.24) is 0 Å². The third kappa shape index (κ3) is 5.41. The molecule has 10 heteroatoms. The monoisotopic (exact) mass is 480 g/mol. The summed E-state index contributed by atoms with van der Waals surface area (Å²) in [5.41, 5.74) is 0.711. The van der Waals surface area contributed by atoms with Gasteiger partial charge < -0.3 is 14.8 Å². The molecule has 0 saturated heterocycles. The number of ether oxygens (including phenoxy) is 2. The Bertz CT molecular complexity index is 1210. The predicted molar refractivity (Wildman–Crippen MR) is 121 cm³/mol. The van der Waals surface area contributed by atoms with Crippen LogP contribution in [-0.4, -0.2) is 28.5 Å². The Labute approximate surface area is 189 Å². The molecule has 31 heavy (non-hydrogen) atoms. The number of anilines is 2. The summed E-state index contributed by atoms with van der Waals surface area (Å²) >= 11 is 11.8. The summed E-state index contributed by atoms with van der Waals surface area (Å²) in [5.74, 6) is 0.147. The van der Waals surface area contributed by atoms with Crippen LogP contribution in [0.1, 0.15) is 10.4 Å². The number of halogens is 2. The van der Waals surface area contributed by atoms with E-state index < -0.39 is 15.9 Å². The Hall–Kier alpha value is -2.94. The minimum Gasteiger partial charge on any atom is -0.495 e. The first kappa shape index (κ1) is 22.7. The maximum Gasteiger partial charge on any atom is 0.262 e. The SMILES string of the molecule is COc1ccc(S(=O)(=O)Nc2cc(Cl)ccc2OC)cc1NC(=O)c1ccc(Cl)cc1. The predicted octanol–water partition coefficient (Wildman–Crippen LogP) is 5.06. The molecular weight excluding hydrogens is 463 g/mol. The number of amides is 1. The van der Waals surface area contributed by atoms with Gasteiger partial charge >= 0.3 is 0 Å². The van der Waals surface area contributed by atoms with Gasteiger partial charge in [0.15, 0.2) is 0 Å². The normalized spacial score (nSPS) is 11.0. The topological polar surface area (TPSA) is 93.7 Å². The highest BCUT2D eigenvalue weighted by Gasteiger charge is 2.20. The fourth-order valence-electron chi connectivity index (χ4n) is 2.71. The van der Waals surface area contributed by atoms with Gasteiger partial charge in [-0.25, -0.2) is 8.42 Å². The molecule has 3 rings (SSSR count). The lowest BCUT2D eigenvalue weighted by Crippen LogP contribution is -2.16. The molecule has 0 spiro atoms. The third-order valence-electron chi connectivity index (χ3n) is 4.24. The van der Waals surface area contributed by atoms with Crippen molar-refractivity contribution in [3.63, 3.8) is 0 Å². The molecule has 3 aromatic carbocycles. The first-order chi connectivity index (χ1) is 14.7. The lowest BCUT2D eigenvalue weighted by molar-refractivity contribution is 0.102. The number of nitrogens with one attached hydrogen (secondary N) is 2. The molecule has 2 N–H and O–H groups in total. The van der Waals surface area contributed by atoms with Gasteiger partial charge in [-0.3, -0.25) is 9.52 Å². The van der Waals surface area contributed by atoms with Crippen molar-refractivity contribution in [2.45, 2.75) is 4.90 Å². The molecule has 0 radical (unpaired) electrons. The molecule has 0 atom stereocenters. The lowest BCUT2D eigenvalue weighted by Gasteiger charge is -2.15. The average molecular weight is 481 g/mol. The van der Waals surface area contributed by atoms with Gasteiger partial charge in [0.05, 0.1) is 30.5 Å². The third-order valence-corrected chi connectivity index (χ3v) is 6.09. The largest absolute Gasteiger partial charge is 0.495 e. The average Bonchev–Trinajstić information content (AvgIpc) is 2.74. The summed E-state index contributed by atoms with van der Waals surface area (Å²) in [6, 6.07) is 14.9. The van der Waals surface area contributed by atoms with Crippen LogP contribution >= 0.6 is 23.2 Å². The number of carbonyl (C=O) groups is 1. The zero-order chi connectivity index (χ0) is 22.6. The Kier molecular flexibility index (Phi) is 6.94. The van der Waals surface area contributed by atoms with Crippen molar-refractivity contribution < 1.29 is 22.7 Å². The van der Waals surface area contributed by atoms with Crippen LogP contribution in [0.25, 0.3) is 0 Å². The Morgan fingerprint density at radius 2 is 1.39 bits per heavy atom. The minimum atomic E-state index is -4.03. The zero-order valence-electron chi connectivity index (χ0n) is 16.5. The first-order valence-electron chi connectivity index (χ1n) is 8.85. The summed E-state index contributed by atoms with van der Waals surface area (Å²) in [6.07, 6.45) is 0. The van der Waals surface area contributed by atoms with Crippen LogP contribution in [0.3, 0.4) is 0 Å². The number of rotatable bonds is 7. The van der Waals surface area contributed by atoms with E-state index in [0.29, 0.717) is 27.1 Å². The lowest BCUT2D eigenvalue weighted by atomic mass is 10.2. The first-order valence-corrected chi connectivity index (χ1v) is 11.1. The van der Waals surface area contributed by atoms with Gasteiger partial charge in [0, 0.05) is 15.6 Å².